The van der Waals surface area contributed by atoms with Crippen LogP contribution in [0.25, 0.3) is 0 Å². The number of hydrogen-bond donors (Lipinski definition) is 2. The Labute approximate surface area is 104 Å². The summed E-state index contributed by atoms with van der Waals surface area (Å²) < 4.78 is 40.3. The number of alkyl halides is 3. The van der Waals surface area contributed by atoms with E-state index in [1.165, 1.54) is 0 Å². The molecule has 3 N–H and O–H groups in total. The van der Waals surface area contributed by atoms with E-state index in [4.69, 9.17) is 10.5 Å². The van der Waals surface area contributed by atoms with Crippen LogP contribution in [0.3, 0.4) is 0 Å². The Hall–Kier alpha value is -0.980. The van der Waals surface area contributed by atoms with Crippen LogP contribution < -0.4 is 11.1 Å². The number of amides is 1. The van der Waals surface area contributed by atoms with Crippen molar-refractivity contribution in [1.29, 1.82) is 0 Å². The Morgan fingerprint density at radius 1 is 1.22 bits per heavy atom. The molecule has 0 bridgehead atoms. The molecule has 0 saturated heterocycles. The molecule has 0 aromatic rings. The molecule has 0 unspecified atom stereocenters. The molecule has 1 aliphatic carbocycles. The average Bonchev–Trinajstić information content (AvgIpc) is 2.48. The van der Waals surface area contributed by atoms with Crippen LogP contribution >= 0.6 is 0 Å². The normalized spacial score (nSPS) is 20.0. The lowest BCUT2D eigenvalue weighted by Crippen LogP contribution is -2.46. The fourth-order valence-corrected chi connectivity index (χ4v) is 2.01. The first-order valence-corrected chi connectivity index (χ1v) is 6.07. The van der Waals surface area contributed by atoms with Gasteiger partial charge in [0.2, 0.25) is 0 Å². The van der Waals surface area contributed by atoms with Crippen LogP contribution in [0.2, 0.25) is 0 Å². The van der Waals surface area contributed by atoms with E-state index >= 15 is 0 Å². The van der Waals surface area contributed by atoms with Crippen molar-refractivity contribution in [2.75, 3.05) is 13.2 Å². The first-order valence-electron chi connectivity index (χ1n) is 6.07. The summed E-state index contributed by atoms with van der Waals surface area (Å²) in [6.07, 6.45) is 0.0919. The van der Waals surface area contributed by atoms with Gasteiger partial charge in [0.1, 0.15) is 13.2 Å². The van der Waals surface area contributed by atoms with Gasteiger partial charge in [-0.25, -0.2) is 4.79 Å². The predicted octanol–water partition coefficient (Wildman–Crippen LogP) is 2.33. The topological polar surface area (TPSA) is 64.3 Å². The van der Waals surface area contributed by atoms with Crippen LogP contribution in [0.15, 0.2) is 0 Å². The summed E-state index contributed by atoms with van der Waals surface area (Å²) in [5, 5.41) is 1.65. The first kappa shape index (κ1) is 15.1. The van der Waals surface area contributed by atoms with E-state index < -0.39 is 24.4 Å². The second kappa shape index (κ2) is 6.26. The predicted molar refractivity (Wildman–Crippen MR) is 60.0 cm³/mol. The third kappa shape index (κ3) is 6.09. The van der Waals surface area contributed by atoms with E-state index in [0.717, 1.165) is 38.5 Å². The smallest absolute Gasteiger partial charge is 0.407 e. The molecule has 1 rings (SSSR count). The summed E-state index contributed by atoms with van der Waals surface area (Å²) in [4.78, 5) is 11.1. The van der Waals surface area contributed by atoms with Crippen LogP contribution in [-0.4, -0.2) is 31.0 Å². The molecule has 1 saturated carbocycles. The van der Waals surface area contributed by atoms with Gasteiger partial charge >= 0.3 is 12.3 Å². The number of rotatable bonds is 3. The van der Waals surface area contributed by atoms with Gasteiger partial charge in [-0.3, -0.25) is 0 Å². The second-order valence-electron chi connectivity index (χ2n) is 4.82. The van der Waals surface area contributed by atoms with Crippen LogP contribution in [0, 0.1) is 0 Å². The molecule has 1 amide bonds. The number of nitrogens with two attached hydrogens (primary N) is 1. The highest BCUT2D eigenvalue weighted by molar-refractivity contribution is 5.67. The number of halogens is 3. The highest BCUT2D eigenvalue weighted by atomic mass is 19.4. The van der Waals surface area contributed by atoms with Crippen LogP contribution in [0.1, 0.15) is 38.5 Å². The van der Waals surface area contributed by atoms with E-state index in [1.54, 1.807) is 5.32 Å². The summed E-state index contributed by atoms with van der Waals surface area (Å²) in [6, 6.07) is 0. The monoisotopic (exact) mass is 268 g/mol. The van der Waals surface area contributed by atoms with Gasteiger partial charge in [-0.05, 0) is 12.8 Å². The Morgan fingerprint density at radius 3 is 2.28 bits per heavy atom. The van der Waals surface area contributed by atoms with E-state index in [0.29, 0.717) is 0 Å². The van der Waals surface area contributed by atoms with Crippen LogP contribution in [0.4, 0.5) is 18.0 Å². The SMILES string of the molecule is NC1(COC(=O)NCC(F)(F)F)CCCCCC1. The molecule has 0 aromatic heterocycles. The van der Waals surface area contributed by atoms with Crippen molar-refractivity contribution in [3.05, 3.63) is 0 Å². The zero-order valence-corrected chi connectivity index (χ0v) is 10.2. The molecule has 4 nitrogen and oxygen atoms in total. The van der Waals surface area contributed by atoms with Gasteiger partial charge < -0.3 is 15.8 Å². The molecule has 0 radical (unpaired) electrons. The molecule has 0 aromatic carbocycles. The van der Waals surface area contributed by atoms with Gasteiger partial charge in [0.25, 0.3) is 0 Å². The van der Waals surface area contributed by atoms with Gasteiger partial charge in [0.05, 0.1) is 5.54 Å². The second-order valence-corrected chi connectivity index (χ2v) is 4.82. The molecule has 0 atom stereocenters. The van der Waals surface area contributed by atoms with Crippen molar-refractivity contribution in [3.8, 4) is 0 Å². The van der Waals surface area contributed by atoms with Crippen molar-refractivity contribution in [2.45, 2.75) is 50.2 Å². The molecule has 1 aliphatic rings. The lowest BCUT2D eigenvalue weighted by molar-refractivity contribution is -0.123. The van der Waals surface area contributed by atoms with Crippen LogP contribution in [0.5, 0.6) is 0 Å². The van der Waals surface area contributed by atoms with Crippen molar-refractivity contribution >= 4 is 6.09 Å². The lowest BCUT2D eigenvalue weighted by Gasteiger charge is -2.27. The Kier molecular flexibility index (Phi) is 5.25. The minimum absolute atomic E-state index is 0.0311. The van der Waals surface area contributed by atoms with Crippen molar-refractivity contribution in [3.63, 3.8) is 0 Å². The molecule has 0 heterocycles. The van der Waals surface area contributed by atoms with Gasteiger partial charge in [-0.1, -0.05) is 25.7 Å². The van der Waals surface area contributed by atoms with Gasteiger partial charge in [0, 0.05) is 0 Å². The van der Waals surface area contributed by atoms with E-state index in [9.17, 15) is 18.0 Å². The molecule has 1 fully saturated rings. The summed E-state index contributed by atoms with van der Waals surface area (Å²) in [6.45, 7) is -1.42. The standard InChI is InChI=1S/C11H19F3N2O2/c12-11(13,14)7-16-9(17)18-8-10(15)5-3-1-2-4-6-10/h1-8,15H2,(H,16,17). The molecule has 0 spiro atoms. The third-order valence-corrected chi connectivity index (χ3v) is 3.02. The third-order valence-electron chi connectivity index (χ3n) is 3.02. The van der Waals surface area contributed by atoms with Crippen molar-refractivity contribution in [1.82, 2.24) is 5.32 Å². The minimum Gasteiger partial charge on any atom is -0.448 e. The maximum absolute atomic E-state index is 11.8. The Bertz CT molecular complexity index is 274. The fourth-order valence-electron chi connectivity index (χ4n) is 2.01. The quantitative estimate of drug-likeness (QED) is 0.772. The fraction of sp³-hybridized carbons (Fsp3) is 0.909. The number of hydrogen-bond acceptors (Lipinski definition) is 3. The molecule has 0 aliphatic heterocycles. The number of alkyl carbamates (subject to hydrolysis) is 1. The molecular weight excluding hydrogens is 249 g/mol. The Balaban J connectivity index is 2.28. The number of carbonyl (C=O) groups is 1. The van der Waals surface area contributed by atoms with Crippen molar-refractivity contribution < 1.29 is 22.7 Å². The van der Waals surface area contributed by atoms with Crippen molar-refractivity contribution in [2.24, 2.45) is 5.73 Å². The maximum Gasteiger partial charge on any atom is 0.407 e. The van der Waals surface area contributed by atoms with Gasteiger partial charge in [0.15, 0.2) is 0 Å². The van der Waals surface area contributed by atoms with E-state index in [-0.39, 0.29) is 6.61 Å². The number of ether oxygens (including phenoxy) is 1. The van der Waals surface area contributed by atoms with E-state index in [1.807, 2.05) is 0 Å². The minimum atomic E-state index is -4.43. The lowest BCUT2D eigenvalue weighted by atomic mass is 9.93. The zero-order valence-electron chi connectivity index (χ0n) is 10.2. The van der Waals surface area contributed by atoms with Gasteiger partial charge in [-0.15, -0.1) is 0 Å². The molecule has 18 heavy (non-hydrogen) atoms. The summed E-state index contributed by atoms with van der Waals surface area (Å²) in [5.74, 6) is 0. The summed E-state index contributed by atoms with van der Waals surface area (Å²) >= 11 is 0. The molecule has 106 valence electrons. The van der Waals surface area contributed by atoms with E-state index in [2.05, 4.69) is 0 Å². The number of carbonyl (C=O) groups excluding carboxylic acids is 1. The largest absolute Gasteiger partial charge is 0.448 e. The zero-order chi connectivity index (χ0) is 13.6. The first-order chi connectivity index (χ1) is 8.31. The maximum atomic E-state index is 11.8. The summed E-state index contributed by atoms with van der Waals surface area (Å²) in [5.41, 5.74) is 5.47. The summed E-state index contributed by atoms with van der Waals surface area (Å²) in [7, 11) is 0. The van der Waals surface area contributed by atoms with Crippen LogP contribution in [-0.2, 0) is 4.74 Å². The van der Waals surface area contributed by atoms with Gasteiger partial charge in [-0.2, -0.15) is 13.2 Å². The molecule has 7 heteroatoms. The highest BCUT2D eigenvalue weighted by Gasteiger charge is 2.30. The average molecular weight is 268 g/mol. The number of nitrogens with one attached hydrogen (secondary N) is 1. The highest BCUT2D eigenvalue weighted by Crippen LogP contribution is 2.25. The molecular formula is C11H19F3N2O2. The Morgan fingerprint density at radius 2 is 1.78 bits per heavy atom.